The van der Waals surface area contributed by atoms with E-state index in [2.05, 4.69) is 20.6 Å². The van der Waals surface area contributed by atoms with Crippen molar-refractivity contribution in [2.45, 2.75) is 0 Å². The quantitative estimate of drug-likeness (QED) is 0.310. The van der Waals surface area contributed by atoms with E-state index >= 15 is 0 Å². The second kappa shape index (κ2) is 12.6. The zero-order valence-corrected chi connectivity index (χ0v) is 18.7. The molecule has 0 saturated heterocycles. The summed E-state index contributed by atoms with van der Waals surface area (Å²) in [5.74, 6) is 0. The van der Waals surface area contributed by atoms with Crippen molar-refractivity contribution < 1.29 is 0 Å². The van der Waals surface area contributed by atoms with Gasteiger partial charge in [-0.05, 0) is 24.3 Å². The van der Waals surface area contributed by atoms with Gasteiger partial charge < -0.3 is 10.6 Å². The Labute approximate surface area is 181 Å². The minimum absolute atomic E-state index is 0. The lowest BCUT2D eigenvalue weighted by atomic mass is 10.3. The van der Waals surface area contributed by atoms with Crippen LogP contribution in [0.25, 0.3) is 0 Å². The minimum atomic E-state index is 0. The van der Waals surface area contributed by atoms with E-state index in [1.54, 1.807) is 35.1 Å². The molecule has 4 rings (SSSR count). The third-order valence-corrected chi connectivity index (χ3v) is 4.29. The summed E-state index contributed by atoms with van der Waals surface area (Å²) < 4.78 is 0. The molecule has 136 valence electrons. The maximum absolute atomic E-state index is 4.12. The molecule has 0 bridgehead atoms. The molecule has 0 atom stereocenters. The lowest BCUT2D eigenvalue weighted by Gasteiger charge is -1.99. The SMILES string of the molecule is Br.Br.c1ccc(Nc2nccs2)cc1.c1ccc(Nc2nccs2)cc1. The Balaban J connectivity index is 0.000000241. The van der Waals surface area contributed by atoms with E-state index in [0.717, 1.165) is 21.6 Å². The van der Waals surface area contributed by atoms with Crippen molar-refractivity contribution in [3.05, 3.63) is 83.8 Å². The first-order valence-electron chi connectivity index (χ1n) is 7.33. The van der Waals surface area contributed by atoms with Gasteiger partial charge in [-0.15, -0.1) is 56.6 Å². The van der Waals surface area contributed by atoms with E-state index in [1.165, 1.54) is 0 Å². The summed E-state index contributed by atoms with van der Waals surface area (Å²) in [6.45, 7) is 0. The zero-order valence-electron chi connectivity index (χ0n) is 13.6. The Morgan fingerprint density at radius 2 is 0.962 bits per heavy atom. The monoisotopic (exact) mass is 512 g/mol. The number of aromatic nitrogens is 2. The molecule has 2 heterocycles. The number of benzene rings is 2. The Morgan fingerprint density at radius 3 is 1.27 bits per heavy atom. The summed E-state index contributed by atoms with van der Waals surface area (Å²) in [5.41, 5.74) is 2.15. The van der Waals surface area contributed by atoms with Crippen LogP contribution < -0.4 is 10.6 Å². The third-order valence-electron chi connectivity index (χ3n) is 2.91. The second-order valence-corrected chi connectivity index (χ2v) is 6.45. The van der Waals surface area contributed by atoms with Crippen LogP contribution in [0.15, 0.2) is 83.8 Å². The summed E-state index contributed by atoms with van der Waals surface area (Å²) in [7, 11) is 0. The maximum Gasteiger partial charge on any atom is 0.187 e. The van der Waals surface area contributed by atoms with Crippen LogP contribution in [0, 0.1) is 0 Å². The van der Waals surface area contributed by atoms with Crippen LogP contribution in [-0.4, -0.2) is 9.97 Å². The third kappa shape index (κ3) is 7.65. The zero-order chi connectivity index (χ0) is 16.5. The van der Waals surface area contributed by atoms with Crippen LogP contribution in [0.3, 0.4) is 0 Å². The standard InChI is InChI=1S/2C9H8N2S.2BrH/c2*1-2-4-8(5-3-1)11-9-10-6-7-12-9;;/h2*1-7H,(H,10,11);2*1H. The molecule has 8 heteroatoms. The van der Waals surface area contributed by atoms with Crippen LogP contribution >= 0.6 is 56.6 Å². The van der Waals surface area contributed by atoms with Gasteiger partial charge in [-0.3, -0.25) is 0 Å². The van der Waals surface area contributed by atoms with E-state index in [9.17, 15) is 0 Å². The minimum Gasteiger partial charge on any atom is -0.332 e. The Hall–Kier alpha value is -1.74. The topological polar surface area (TPSA) is 49.8 Å². The van der Waals surface area contributed by atoms with Crippen molar-refractivity contribution in [3.63, 3.8) is 0 Å². The molecule has 0 spiro atoms. The number of nitrogens with one attached hydrogen (secondary N) is 2. The molecule has 0 radical (unpaired) electrons. The van der Waals surface area contributed by atoms with Gasteiger partial charge in [-0.2, -0.15) is 0 Å². The Bertz CT molecular complexity index is 739. The highest BCUT2D eigenvalue weighted by Crippen LogP contribution is 2.18. The fourth-order valence-corrected chi connectivity index (χ4v) is 2.96. The Morgan fingerprint density at radius 1 is 0.577 bits per heavy atom. The molecule has 0 aliphatic carbocycles. The lowest BCUT2D eigenvalue weighted by molar-refractivity contribution is 1.39. The first-order valence-corrected chi connectivity index (χ1v) is 9.09. The predicted octanol–water partition coefficient (Wildman–Crippen LogP) is 6.93. The van der Waals surface area contributed by atoms with Crippen molar-refractivity contribution >= 4 is 78.3 Å². The van der Waals surface area contributed by atoms with Crippen LogP contribution in [0.5, 0.6) is 0 Å². The summed E-state index contributed by atoms with van der Waals surface area (Å²) in [6.07, 6.45) is 3.58. The van der Waals surface area contributed by atoms with Gasteiger partial charge in [0.2, 0.25) is 0 Å². The molecule has 0 aliphatic heterocycles. The molecular weight excluding hydrogens is 496 g/mol. The summed E-state index contributed by atoms with van der Waals surface area (Å²) in [6, 6.07) is 20.0. The average Bonchev–Trinajstić information content (AvgIpc) is 3.32. The van der Waals surface area contributed by atoms with Gasteiger partial charge in [-0.25, -0.2) is 9.97 Å². The number of rotatable bonds is 4. The van der Waals surface area contributed by atoms with Gasteiger partial charge in [0.15, 0.2) is 10.3 Å². The molecule has 2 aromatic heterocycles. The molecule has 0 fully saturated rings. The Kier molecular flexibility index (Phi) is 10.8. The van der Waals surface area contributed by atoms with Crippen molar-refractivity contribution in [3.8, 4) is 0 Å². The van der Waals surface area contributed by atoms with Crippen molar-refractivity contribution in [1.82, 2.24) is 9.97 Å². The van der Waals surface area contributed by atoms with Crippen molar-refractivity contribution in [2.75, 3.05) is 10.6 Å². The fraction of sp³-hybridized carbons (Fsp3) is 0. The van der Waals surface area contributed by atoms with Crippen LogP contribution in [0.1, 0.15) is 0 Å². The smallest absolute Gasteiger partial charge is 0.187 e. The van der Waals surface area contributed by atoms with E-state index in [1.807, 2.05) is 71.4 Å². The van der Waals surface area contributed by atoms with Gasteiger partial charge >= 0.3 is 0 Å². The number of halogens is 2. The first-order chi connectivity index (χ1) is 11.9. The van der Waals surface area contributed by atoms with E-state index in [0.29, 0.717) is 0 Å². The molecule has 4 aromatic rings. The van der Waals surface area contributed by atoms with Crippen LogP contribution in [0.4, 0.5) is 21.6 Å². The fourth-order valence-electron chi connectivity index (χ4n) is 1.86. The number of hydrogen-bond donors (Lipinski definition) is 2. The highest BCUT2D eigenvalue weighted by molar-refractivity contribution is 8.93. The van der Waals surface area contributed by atoms with Crippen LogP contribution in [0.2, 0.25) is 0 Å². The number of thiazole rings is 2. The first kappa shape index (κ1) is 22.3. The van der Waals surface area contributed by atoms with Gasteiger partial charge in [0, 0.05) is 34.5 Å². The number of para-hydroxylation sites is 2. The molecule has 0 aliphatic rings. The highest BCUT2D eigenvalue weighted by Gasteiger charge is 1.94. The van der Waals surface area contributed by atoms with Gasteiger partial charge in [-0.1, -0.05) is 36.4 Å². The summed E-state index contributed by atoms with van der Waals surface area (Å²) >= 11 is 3.19. The van der Waals surface area contributed by atoms with Gasteiger partial charge in [0.1, 0.15) is 0 Å². The summed E-state index contributed by atoms with van der Waals surface area (Å²) in [5, 5.41) is 12.1. The number of nitrogens with zero attached hydrogens (tertiary/aromatic N) is 2. The van der Waals surface area contributed by atoms with Gasteiger partial charge in [0.25, 0.3) is 0 Å². The van der Waals surface area contributed by atoms with E-state index in [4.69, 9.17) is 0 Å². The van der Waals surface area contributed by atoms with Crippen LogP contribution in [-0.2, 0) is 0 Å². The summed E-state index contributed by atoms with van der Waals surface area (Å²) in [4.78, 5) is 8.24. The average molecular weight is 514 g/mol. The number of anilines is 4. The molecule has 26 heavy (non-hydrogen) atoms. The highest BCUT2D eigenvalue weighted by atomic mass is 79.9. The van der Waals surface area contributed by atoms with Crippen molar-refractivity contribution in [1.29, 1.82) is 0 Å². The molecule has 0 unspecified atom stereocenters. The van der Waals surface area contributed by atoms with Crippen molar-refractivity contribution in [2.24, 2.45) is 0 Å². The van der Waals surface area contributed by atoms with E-state index < -0.39 is 0 Å². The van der Waals surface area contributed by atoms with Gasteiger partial charge in [0.05, 0.1) is 0 Å². The maximum atomic E-state index is 4.12. The number of hydrogen-bond acceptors (Lipinski definition) is 6. The molecule has 0 amide bonds. The van der Waals surface area contributed by atoms with E-state index in [-0.39, 0.29) is 34.0 Å². The largest absolute Gasteiger partial charge is 0.332 e. The normalized spacial score (nSPS) is 8.92. The molecule has 2 N–H and O–H groups in total. The molecule has 0 saturated carbocycles. The second-order valence-electron chi connectivity index (χ2n) is 4.66. The predicted molar refractivity (Wildman–Crippen MR) is 124 cm³/mol. The molecular formula is C18H18Br2N4S2. The molecule has 2 aromatic carbocycles. The molecule has 4 nitrogen and oxygen atoms in total. The lowest BCUT2D eigenvalue weighted by Crippen LogP contribution is -1.87.